The summed E-state index contributed by atoms with van der Waals surface area (Å²) in [5.74, 6) is 1.40. The lowest BCUT2D eigenvalue weighted by molar-refractivity contribution is 0.122. The topological polar surface area (TPSA) is 68.1 Å². The van der Waals surface area contributed by atoms with Gasteiger partial charge in [-0.25, -0.2) is 9.97 Å². The maximum Gasteiger partial charge on any atom is 0.229 e. The fourth-order valence-corrected chi connectivity index (χ4v) is 3.54. The minimum absolute atomic E-state index is 0.565. The largest absolute Gasteiger partial charge is 0.378 e. The average Bonchev–Trinajstić information content (AvgIpc) is 3.20. The molecule has 7 heteroatoms. The van der Waals surface area contributed by atoms with Crippen LogP contribution in [0.15, 0.2) is 61.1 Å². The number of rotatable bonds is 4. The zero-order valence-electron chi connectivity index (χ0n) is 16.2. The van der Waals surface area contributed by atoms with E-state index in [1.165, 1.54) is 5.69 Å². The fraction of sp³-hybridized carbons (Fsp3) is 0.227. The third-order valence-electron chi connectivity index (χ3n) is 5.17. The molecular formula is C22H22N6O. The van der Waals surface area contributed by atoms with Gasteiger partial charge in [-0.1, -0.05) is 12.1 Å². The van der Waals surface area contributed by atoms with Crippen molar-refractivity contribution in [2.24, 2.45) is 0 Å². The summed E-state index contributed by atoms with van der Waals surface area (Å²) < 4.78 is 7.44. The summed E-state index contributed by atoms with van der Waals surface area (Å²) >= 11 is 0. The van der Waals surface area contributed by atoms with Gasteiger partial charge in [-0.3, -0.25) is 4.57 Å². The first-order chi connectivity index (χ1) is 14.3. The molecule has 1 aromatic carbocycles. The average molecular weight is 386 g/mol. The lowest BCUT2D eigenvalue weighted by atomic mass is 10.1. The van der Waals surface area contributed by atoms with E-state index < -0.39 is 0 Å². The molecule has 1 saturated heterocycles. The lowest BCUT2D eigenvalue weighted by Gasteiger charge is -2.29. The van der Waals surface area contributed by atoms with E-state index in [1.807, 2.05) is 41.2 Å². The normalized spacial score (nSPS) is 14.3. The Morgan fingerprint density at radius 2 is 1.93 bits per heavy atom. The Bertz CT molecular complexity index is 1130. The Balaban J connectivity index is 1.47. The highest BCUT2D eigenvalue weighted by molar-refractivity contribution is 5.78. The maximum absolute atomic E-state index is 5.47. The quantitative estimate of drug-likeness (QED) is 0.577. The molecule has 0 radical (unpaired) electrons. The second kappa shape index (κ2) is 7.52. The second-order valence-electron chi connectivity index (χ2n) is 7.07. The van der Waals surface area contributed by atoms with Gasteiger partial charge in [0.15, 0.2) is 5.65 Å². The summed E-state index contributed by atoms with van der Waals surface area (Å²) in [6, 6.07) is 14.3. The molecule has 1 N–H and O–H groups in total. The van der Waals surface area contributed by atoms with Crippen molar-refractivity contribution >= 4 is 28.4 Å². The number of fused-ring (bicyclic) bond motifs is 1. The second-order valence-corrected chi connectivity index (χ2v) is 7.07. The van der Waals surface area contributed by atoms with Gasteiger partial charge in [0.2, 0.25) is 5.95 Å². The Morgan fingerprint density at radius 3 is 2.76 bits per heavy atom. The number of nitrogens with one attached hydrogen (secondary N) is 1. The zero-order valence-corrected chi connectivity index (χ0v) is 16.2. The van der Waals surface area contributed by atoms with Crippen molar-refractivity contribution in [2.45, 2.75) is 6.92 Å². The van der Waals surface area contributed by atoms with Gasteiger partial charge in [0.05, 0.1) is 13.2 Å². The van der Waals surface area contributed by atoms with Gasteiger partial charge in [-0.2, -0.15) is 4.98 Å². The number of ether oxygens (including phenoxy) is 1. The van der Waals surface area contributed by atoms with Crippen LogP contribution in [0.25, 0.3) is 16.9 Å². The Kier molecular flexibility index (Phi) is 4.57. The number of benzene rings is 1. The monoisotopic (exact) mass is 386 g/mol. The standard InChI is InChI=1S/C22H22N6O/c1-16-5-6-18(27-10-12-29-13-11-27)14-19(16)25-22-24-15-17-7-9-28(21(17)26-22)20-4-2-3-8-23-20/h2-9,14-15H,10-13H2,1H3,(H,24,25,26). The Labute approximate surface area is 169 Å². The van der Waals surface area contributed by atoms with Crippen LogP contribution in [0.4, 0.5) is 17.3 Å². The number of nitrogens with zero attached hydrogens (tertiary/aromatic N) is 5. The highest BCUT2D eigenvalue weighted by Crippen LogP contribution is 2.27. The van der Waals surface area contributed by atoms with Crippen molar-refractivity contribution < 1.29 is 4.74 Å². The highest BCUT2D eigenvalue weighted by atomic mass is 16.5. The molecule has 0 bridgehead atoms. The first kappa shape index (κ1) is 17.6. The molecule has 0 amide bonds. The molecule has 3 aromatic heterocycles. The Hall–Kier alpha value is -3.45. The van der Waals surface area contributed by atoms with Gasteiger partial charge in [-0.05, 0) is 42.8 Å². The van der Waals surface area contributed by atoms with Crippen molar-refractivity contribution in [1.82, 2.24) is 19.5 Å². The molecule has 5 rings (SSSR count). The van der Waals surface area contributed by atoms with Gasteiger partial charge in [0.25, 0.3) is 0 Å². The molecule has 146 valence electrons. The molecule has 1 aliphatic rings. The summed E-state index contributed by atoms with van der Waals surface area (Å²) in [5, 5.41) is 4.37. The minimum atomic E-state index is 0.565. The van der Waals surface area contributed by atoms with E-state index in [-0.39, 0.29) is 0 Å². The predicted molar refractivity (Wildman–Crippen MR) is 114 cm³/mol. The van der Waals surface area contributed by atoms with Gasteiger partial charge in [0, 0.05) is 48.4 Å². The predicted octanol–water partition coefficient (Wildman–Crippen LogP) is 3.70. The van der Waals surface area contributed by atoms with E-state index in [2.05, 4.69) is 45.3 Å². The molecular weight excluding hydrogens is 364 g/mol. The van der Waals surface area contributed by atoms with Crippen LogP contribution in [0.3, 0.4) is 0 Å². The van der Waals surface area contributed by atoms with Crippen molar-refractivity contribution in [3.8, 4) is 5.82 Å². The van der Waals surface area contributed by atoms with Crippen LogP contribution in [0.1, 0.15) is 5.56 Å². The number of pyridine rings is 1. The number of morpholine rings is 1. The number of anilines is 3. The molecule has 29 heavy (non-hydrogen) atoms. The molecule has 0 atom stereocenters. The molecule has 4 heterocycles. The van der Waals surface area contributed by atoms with Crippen LogP contribution >= 0.6 is 0 Å². The third-order valence-corrected chi connectivity index (χ3v) is 5.17. The SMILES string of the molecule is Cc1ccc(N2CCOCC2)cc1Nc1ncc2ccn(-c3ccccn3)c2n1. The van der Waals surface area contributed by atoms with Crippen LogP contribution in [-0.4, -0.2) is 45.8 Å². The zero-order chi connectivity index (χ0) is 19.6. The highest BCUT2D eigenvalue weighted by Gasteiger charge is 2.13. The summed E-state index contributed by atoms with van der Waals surface area (Å²) in [6.45, 7) is 5.42. The van der Waals surface area contributed by atoms with E-state index in [0.29, 0.717) is 5.95 Å². The third kappa shape index (κ3) is 3.52. The molecule has 0 spiro atoms. The molecule has 1 aliphatic heterocycles. The number of aryl methyl sites for hydroxylation is 1. The first-order valence-corrected chi connectivity index (χ1v) is 9.74. The van der Waals surface area contributed by atoms with Gasteiger partial charge >= 0.3 is 0 Å². The summed E-state index contributed by atoms with van der Waals surface area (Å²) in [5.41, 5.74) is 4.15. The van der Waals surface area contributed by atoms with E-state index >= 15 is 0 Å². The molecule has 0 saturated carbocycles. The summed E-state index contributed by atoms with van der Waals surface area (Å²) in [7, 11) is 0. The molecule has 4 aromatic rings. The number of aromatic nitrogens is 4. The van der Waals surface area contributed by atoms with E-state index in [9.17, 15) is 0 Å². The first-order valence-electron chi connectivity index (χ1n) is 9.74. The van der Waals surface area contributed by atoms with Crippen molar-refractivity contribution in [1.29, 1.82) is 0 Å². The van der Waals surface area contributed by atoms with Gasteiger partial charge in [-0.15, -0.1) is 0 Å². The molecule has 0 aliphatic carbocycles. The molecule has 7 nitrogen and oxygen atoms in total. The van der Waals surface area contributed by atoms with Crippen molar-refractivity contribution in [2.75, 3.05) is 36.5 Å². The minimum Gasteiger partial charge on any atom is -0.378 e. The van der Waals surface area contributed by atoms with E-state index in [4.69, 9.17) is 9.72 Å². The van der Waals surface area contributed by atoms with Crippen LogP contribution in [0.5, 0.6) is 0 Å². The molecule has 1 fully saturated rings. The Morgan fingerprint density at radius 1 is 1.03 bits per heavy atom. The van der Waals surface area contributed by atoms with Crippen LogP contribution in [0, 0.1) is 6.92 Å². The number of hydrogen-bond acceptors (Lipinski definition) is 6. The maximum atomic E-state index is 5.47. The smallest absolute Gasteiger partial charge is 0.229 e. The van der Waals surface area contributed by atoms with Crippen LogP contribution in [0.2, 0.25) is 0 Å². The van der Waals surface area contributed by atoms with Crippen LogP contribution in [-0.2, 0) is 4.74 Å². The molecule has 0 unspecified atom stereocenters. The summed E-state index contributed by atoms with van der Waals surface area (Å²) in [4.78, 5) is 16.0. The van der Waals surface area contributed by atoms with Crippen LogP contribution < -0.4 is 10.2 Å². The van der Waals surface area contributed by atoms with Gasteiger partial charge in [0.1, 0.15) is 5.82 Å². The number of hydrogen-bond donors (Lipinski definition) is 1. The van der Waals surface area contributed by atoms with Crippen molar-refractivity contribution in [3.05, 3.63) is 66.6 Å². The fourth-order valence-electron chi connectivity index (χ4n) is 3.54. The van der Waals surface area contributed by atoms with Crippen molar-refractivity contribution in [3.63, 3.8) is 0 Å². The van der Waals surface area contributed by atoms with E-state index in [0.717, 1.165) is 54.4 Å². The summed E-state index contributed by atoms with van der Waals surface area (Å²) in [6.07, 6.45) is 5.59. The lowest BCUT2D eigenvalue weighted by Crippen LogP contribution is -2.36. The van der Waals surface area contributed by atoms with Gasteiger partial charge < -0.3 is 15.0 Å². The van der Waals surface area contributed by atoms with E-state index in [1.54, 1.807) is 6.20 Å².